The largest absolute Gasteiger partial charge is 0.497 e. The maximum Gasteiger partial charge on any atom is 0.255 e. The highest BCUT2D eigenvalue weighted by atomic mass is 16.5. The van der Waals surface area contributed by atoms with E-state index in [9.17, 15) is 9.59 Å². The van der Waals surface area contributed by atoms with Gasteiger partial charge in [0.05, 0.1) is 7.11 Å². The molecule has 2 rings (SSSR count). The van der Waals surface area contributed by atoms with Gasteiger partial charge in [-0.05, 0) is 48.4 Å². The number of ether oxygens (including phenoxy) is 1. The quantitative estimate of drug-likeness (QED) is 0.564. The van der Waals surface area contributed by atoms with E-state index in [2.05, 4.69) is 5.32 Å². The van der Waals surface area contributed by atoms with Crippen molar-refractivity contribution in [2.45, 2.75) is 12.8 Å². The highest BCUT2D eigenvalue weighted by molar-refractivity contribution is 6.04. The van der Waals surface area contributed by atoms with Crippen molar-refractivity contribution in [3.05, 3.63) is 59.7 Å². The van der Waals surface area contributed by atoms with Gasteiger partial charge in [0.1, 0.15) is 5.75 Å². The minimum Gasteiger partial charge on any atom is -0.497 e. The molecule has 0 bridgehead atoms. The van der Waals surface area contributed by atoms with Gasteiger partial charge in [-0.3, -0.25) is 14.8 Å². The number of hydrogen-bond donors (Lipinski definition) is 3. The number of benzene rings is 2. The van der Waals surface area contributed by atoms with Crippen molar-refractivity contribution in [1.29, 1.82) is 0 Å². The number of methoxy groups -OCH3 is 1. The van der Waals surface area contributed by atoms with Crippen LogP contribution in [-0.4, -0.2) is 24.1 Å². The van der Waals surface area contributed by atoms with Gasteiger partial charge in [-0.1, -0.05) is 12.1 Å². The smallest absolute Gasteiger partial charge is 0.255 e. The highest BCUT2D eigenvalue weighted by Gasteiger charge is 2.06. The van der Waals surface area contributed by atoms with E-state index < -0.39 is 5.91 Å². The predicted octanol–water partition coefficient (Wildman–Crippen LogP) is 2.39. The van der Waals surface area contributed by atoms with Gasteiger partial charge in [-0.2, -0.15) is 0 Å². The van der Waals surface area contributed by atoms with E-state index in [1.54, 1.807) is 49.0 Å². The van der Waals surface area contributed by atoms with Crippen LogP contribution >= 0.6 is 0 Å². The van der Waals surface area contributed by atoms with Crippen molar-refractivity contribution in [2.24, 2.45) is 0 Å². The van der Waals surface area contributed by atoms with E-state index in [4.69, 9.17) is 9.94 Å². The van der Waals surface area contributed by atoms with Crippen molar-refractivity contribution >= 4 is 17.5 Å². The van der Waals surface area contributed by atoms with Crippen LogP contribution < -0.4 is 15.5 Å². The summed E-state index contributed by atoms with van der Waals surface area (Å²) in [5.74, 6) is 0.0553. The molecular formula is C17H18N2O4. The molecule has 3 N–H and O–H groups in total. The second-order valence-electron chi connectivity index (χ2n) is 4.91. The maximum atomic E-state index is 12.1. The first-order chi connectivity index (χ1) is 11.1. The minimum absolute atomic E-state index is 0.202. The summed E-state index contributed by atoms with van der Waals surface area (Å²) in [7, 11) is 1.57. The van der Waals surface area contributed by atoms with Crippen LogP contribution in [0.15, 0.2) is 48.5 Å². The van der Waals surface area contributed by atoms with Crippen molar-refractivity contribution < 1.29 is 19.5 Å². The molecule has 6 nitrogen and oxygen atoms in total. The third-order valence-corrected chi connectivity index (χ3v) is 3.33. The molecule has 0 heterocycles. The summed E-state index contributed by atoms with van der Waals surface area (Å²) in [5, 5.41) is 11.2. The Balaban J connectivity index is 1.94. The number of aryl methyl sites for hydroxylation is 1. The lowest BCUT2D eigenvalue weighted by Gasteiger charge is -2.07. The zero-order chi connectivity index (χ0) is 16.7. The molecule has 2 amide bonds. The summed E-state index contributed by atoms with van der Waals surface area (Å²) in [4.78, 5) is 23.1. The molecular weight excluding hydrogens is 296 g/mol. The monoisotopic (exact) mass is 314 g/mol. The highest BCUT2D eigenvalue weighted by Crippen LogP contribution is 2.15. The molecule has 0 radical (unpaired) electrons. The average molecular weight is 314 g/mol. The van der Waals surface area contributed by atoms with E-state index in [-0.39, 0.29) is 12.3 Å². The molecule has 2 aromatic carbocycles. The molecule has 0 fully saturated rings. The van der Waals surface area contributed by atoms with Crippen molar-refractivity contribution in [1.82, 2.24) is 5.48 Å². The molecule has 2 aromatic rings. The van der Waals surface area contributed by atoms with Crippen LogP contribution in [0.1, 0.15) is 22.3 Å². The lowest BCUT2D eigenvalue weighted by Crippen LogP contribution is -2.18. The number of anilines is 1. The SMILES string of the molecule is COc1ccc(C(=O)Nc2ccc(CCC(=O)NO)cc2)cc1. The van der Waals surface area contributed by atoms with Gasteiger partial charge in [0.15, 0.2) is 0 Å². The molecule has 0 spiro atoms. The van der Waals surface area contributed by atoms with E-state index in [1.165, 1.54) is 0 Å². The molecule has 0 aliphatic heterocycles. The molecule has 23 heavy (non-hydrogen) atoms. The van der Waals surface area contributed by atoms with E-state index in [0.717, 1.165) is 5.56 Å². The second-order valence-corrected chi connectivity index (χ2v) is 4.91. The van der Waals surface area contributed by atoms with Gasteiger partial charge in [0.25, 0.3) is 5.91 Å². The molecule has 0 atom stereocenters. The summed E-state index contributed by atoms with van der Waals surface area (Å²) < 4.78 is 5.05. The molecule has 0 unspecified atom stereocenters. The van der Waals surface area contributed by atoms with Gasteiger partial charge >= 0.3 is 0 Å². The fraction of sp³-hybridized carbons (Fsp3) is 0.176. The predicted molar refractivity (Wildman–Crippen MR) is 85.6 cm³/mol. The topological polar surface area (TPSA) is 87.7 Å². The molecule has 0 aliphatic rings. The maximum absolute atomic E-state index is 12.1. The van der Waals surface area contributed by atoms with E-state index in [1.807, 2.05) is 12.1 Å². The summed E-state index contributed by atoms with van der Waals surface area (Å²) in [6.45, 7) is 0. The summed E-state index contributed by atoms with van der Waals surface area (Å²) in [5.41, 5.74) is 3.74. The fourth-order valence-electron chi connectivity index (χ4n) is 2.01. The third-order valence-electron chi connectivity index (χ3n) is 3.33. The number of carbonyl (C=O) groups is 2. The molecule has 0 saturated heterocycles. The summed E-state index contributed by atoms with van der Waals surface area (Å²) in [6, 6.07) is 14.0. The van der Waals surface area contributed by atoms with Crippen LogP contribution in [0.5, 0.6) is 5.75 Å². The Bertz CT molecular complexity index is 666. The first-order valence-electron chi connectivity index (χ1n) is 7.09. The van der Waals surface area contributed by atoms with Crippen LogP contribution in [0.25, 0.3) is 0 Å². The second kappa shape index (κ2) is 7.95. The minimum atomic E-state index is -0.429. The van der Waals surface area contributed by atoms with Gasteiger partial charge in [0, 0.05) is 17.7 Å². The first kappa shape index (κ1) is 16.5. The van der Waals surface area contributed by atoms with Crippen LogP contribution in [0.2, 0.25) is 0 Å². The zero-order valence-corrected chi connectivity index (χ0v) is 12.7. The number of amides is 2. The summed E-state index contributed by atoms with van der Waals surface area (Å²) in [6.07, 6.45) is 0.715. The lowest BCUT2D eigenvalue weighted by molar-refractivity contribution is -0.129. The number of nitrogens with one attached hydrogen (secondary N) is 2. The zero-order valence-electron chi connectivity index (χ0n) is 12.7. The Morgan fingerprint density at radius 3 is 2.26 bits per heavy atom. The number of hydroxylamine groups is 1. The van der Waals surface area contributed by atoms with Crippen LogP contribution in [0, 0.1) is 0 Å². The van der Waals surface area contributed by atoms with Crippen LogP contribution in [0.4, 0.5) is 5.69 Å². The van der Waals surface area contributed by atoms with Gasteiger partial charge in [-0.15, -0.1) is 0 Å². The van der Waals surface area contributed by atoms with Gasteiger partial charge in [-0.25, -0.2) is 5.48 Å². The molecule has 120 valence electrons. The Kier molecular flexibility index (Phi) is 5.71. The Hall–Kier alpha value is -2.86. The van der Waals surface area contributed by atoms with E-state index in [0.29, 0.717) is 23.4 Å². The van der Waals surface area contributed by atoms with Gasteiger partial charge in [0.2, 0.25) is 5.91 Å². The first-order valence-corrected chi connectivity index (χ1v) is 7.09. The van der Waals surface area contributed by atoms with E-state index >= 15 is 0 Å². The van der Waals surface area contributed by atoms with Crippen molar-refractivity contribution in [3.8, 4) is 5.75 Å². The normalized spacial score (nSPS) is 10.0. The Morgan fingerprint density at radius 2 is 1.70 bits per heavy atom. The Morgan fingerprint density at radius 1 is 1.04 bits per heavy atom. The third kappa shape index (κ3) is 4.82. The number of rotatable bonds is 6. The van der Waals surface area contributed by atoms with Gasteiger partial charge < -0.3 is 10.1 Å². The van der Waals surface area contributed by atoms with Crippen LogP contribution in [0.3, 0.4) is 0 Å². The van der Waals surface area contributed by atoms with Crippen molar-refractivity contribution in [3.63, 3.8) is 0 Å². The van der Waals surface area contributed by atoms with Crippen LogP contribution in [-0.2, 0) is 11.2 Å². The molecule has 0 aliphatic carbocycles. The standard InChI is InChI=1S/C17H18N2O4/c1-23-15-9-5-13(6-10-15)17(21)18-14-7-2-12(3-8-14)4-11-16(20)19-22/h2-3,5-10,22H,4,11H2,1H3,(H,18,21)(H,19,20). The molecule has 0 aromatic heterocycles. The average Bonchev–Trinajstić information content (AvgIpc) is 2.60. The molecule has 6 heteroatoms. The molecule has 0 saturated carbocycles. The summed E-state index contributed by atoms with van der Waals surface area (Å²) >= 11 is 0. The Labute approximate surface area is 134 Å². The number of carbonyl (C=O) groups excluding carboxylic acids is 2. The fourth-order valence-corrected chi connectivity index (χ4v) is 2.01. The number of hydrogen-bond acceptors (Lipinski definition) is 4. The lowest BCUT2D eigenvalue weighted by atomic mass is 10.1. The van der Waals surface area contributed by atoms with Crippen molar-refractivity contribution in [2.75, 3.05) is 12.4 Å².